The normalized spacial score (nSPS) is 23.9. The summed E-state index contributed by atoms with van der Waals surface area (Å²) in [6.07, 6.45) is 3.43. The van der Waals surface area contributed by atoms with Gasteiger partial charge in [-0.2, -0.15) is 0 Å². The predicted octanol–water partition coefficient (Wildman–Crippen LogP) is 2.38. The van der Waals surface area contributed by atoms with E-state index in [4.69, 9.17) is 4.52 Å². The number of nitrogens with zero attached hydrogens (tertiary/aromatic N) is 1. The SMILES string of the molecule is Cc1noc(C)c1S(=O)(=O)NCC1CCCC1CBr. The summed E-state index contributed by atoms with van der Waals surface area (Å²) in [5.41, 5.74) is 0.411. The van der Waals surface area contributed by atoms with Gasteiger partial charge in [-0.3, -0.25) is 0 Å². The monoisotopic (exact) mass is 350 g/mol. The lowest BCUT2D eigenvalue weighted by molar-refractivity contribution is 0.390. The first-order valence-corrected chi connectivity index (χ1v) is 9.04. The standard InChI is InChI=1S/C12H19BrN2O3S/c1-8-12(9(2)18-15-8)19(16,17)14-7-11-5-3-4-10(11)6-13/h10-11,14H,3-7H2,1-2H3. The lowest BCUT2D eigenvalue weighted by atomic mass is 9.99. The van der Waals surface area contributed by atoms with Gasteiger partial charge >= 0.3 is 0 Å². The minimum Gasteiger partial charge on any atom is -0.360 e. The van der Waals surface area contributed by atoms with Gasteiger partial charge in [0.25, 0.3) is 0 Å². The summed E-state index contributed by atoms with van der Waals surface area (Å²) in [4.78, 5) is 0.181. The molecule has 0 amide bonds. The number of sulfonamides is 1. The second-order valence-corrected chi connectivity index (χ2v) is 7.46. The summed E-state index contributed by atoms with van der Waals surface area (Å²) in [7, 11) is -3.52. The van der Waals surface area contributed by atoms with Gasteiger partial charge in [-0.25, -0.2) is 13.1 Å². The van der Waals surface area contributed by atoms with Gasteiger partial charge in [0.2, 0.25) is 10.0 Å². The highest BCUT2D eigenvalue weighted by atomic mass is 79.9. The molecule has 0 radical (unpaired) electrons. The molecule has 2 rings (SSSR count). The van der Waals surface area contributed by atoms with E-state index in [9.17, 15) is 8.42 Å². The van der Waals surface area contributed by atoms with E-state index < -0.39 is 10.0 Å². The molecule has 0 bridgehead atoms. The van der Waals surface area contributed by atoms with Crippen molar-refractivity contribution in [1.82, 2.24) is 9.88 Å². The Morgan fingerprint density at radius 3 is 2.63 bits per heavy atom. The number of hydrogen-bond acceptors (Lipinski definition) is 4. The zero-order valence-corrected chi connectivity index (χ0v) is 13.6. The molecule has 108 valence electrons. The average molecular weight is 351 g/mol. The molecule has 1 heterocycles. The average Bonchev–Trinajstić information content (AvgIpc) is 2.93. The minimum atomic E-state index is -3.52. The van der Waals surface area contributed by atoms with E-state index in [1.54, 1.807) is 13.8 Å². The fourth-order valence-electron chi connectivity index (χ4n) is 2.73. The van der Waals surface area contributed by atoms with Crippen LogP contribution in [-0.4, -0.2) is 25.4 Å². The number of aromatic nitrogens is 1. The van der Waals surface area contributed by atoms with E-state index in [1.165, 1.54) is 12.8 Å². The summed E-state index contributed by atoms with van der Waals surface area (Å²) in [5.74, 6) is 1.32. The highest BCUT2D eigenvalue weighted by Crippen LogP contribution is 2.32. The van der Waals surface area contributed by atoms with E-state index in [2.05, 4.69) is 25.8 Å². The molecule has 5 nitrogen and oxygen atoms in total. The lowest BCUT2D eigenvalue weighted by Gasteiger charge is -2.17. The van der Waals surface area contributed by atoms with Gasteiger partial charge in [0, 0.05) is 11.9 Å². The van der Waals surface area contributed by atoms with Crippen LogP contribution in [-0.2, 0) is 10.0 Å². The smallest absolute Gasteiger partial charge is 0.245 e. The van der Waals surface area contributed by atoms with Gasteiger partial charge in [-0.05, 0) is 38.5 Å². The van der Waals surface area contributed by atoms with Crippen LogP contribution in [0, 0.1) is 25.7 Å². The van der Waals surface area contributed by atoms with Gasteiger partial charge in [0.05, 0.1) is 0 Å². The lowest BCUT2D eigenvalue weighted by Crippen LogP contribution is -2.31. The molecule has 1 aliphatic rings. The zero-order chi connectivity index (χ0) is 14.0. The number of alkyl halides is 1. The highest BCUT2D eigenvalue weighted by Gasteiger charge is 2.29. The van der Waals surface area contributed by atoms with Crippen molar-refractivity contribution in [3.8, 4) is 0 Å². The molecule has 1 aromatic rings. The Balaban J connectivity index is 2.06. The Morgan fingerprint density at radius 2 is 2.05 bits per heavy atom. The van der Waals surface area contributed by atoms with E-state index in [-0.39, 0.29) is 4.90 Å². The van der Waals surface area contributed by atoms with Crippen molar-refractivity contribution in [3.63, 3.8) is 0 Å². The second-order valence-electron chi connectivity index (χ2n) is 5.11. The van der Waals surface area contributed by atoms with Crippen molar-refractivity contribution in [2.45, 2.75) is 38.0 Å². The third kappa shape index (κ3) is 3.20. The Morgan fingerprint density at radius 1 is 1.37 bits per heavy atom. The molecule has 1 N–H and O–H groups in total. The predicted molar refractivity (Wildman–Crippen MR) is 75.8 cm³/mol. The third-order valence-corrected chi connectivity index (χ3v) is 6.29. The second kappa shape index (κ2) is 5.93. The fraction of sp³-hybridized carbons (Fsp3) is 0.750. The summed E-state index contributed by atoms with van der Waals surface area (Å²) in [5, 5.41) is 4.63. The molecule has 2 atom stereocenters. The van der Waals surface area contributed by atoms with Crippen molar-refractivity contribution in [2.24, 2.45) is 11.8 Å². The van der Waals surface area contributed by atoms with Crippen LogP contribution >= 0.6 is 15.9 Å². The Labute approximate surface area is 122 Å². The van der Waals surface area contributed by atoms with Crippen LogP contribution in [0.3, 0.4) is 0 Å². The van der Waals surface area contributed by atoms with Crippen molar-refractivity contribution < 1.29 is 12.9 Å². The molecule has 7 heteroatoms. The van der Waals surface area contributed by atoms with Crippen LogP contribution in [0.15, 0.2) is 9.42 Å². The molecular formula is C12H19BrN2O3S. The van der Waals surface area contributed by atoms with Crippen molar-refractivity contribution in [1.29, 1.82) is 0 Å². The summed E-state index contributed by atoms with van der Waals surface area (Å²) >= 11 is 3.50. The molecule has 1 saturated carbocycles. The van der Waals surface area contributed by atoms with E-state index in [0.717, 1.165) is 11.8 Å². The molecule has 0 spiro atoms. The maximum atomic E-state index is 12.3. The molecule has 2 unspecified atom stereocenters. The highest BCUT2D eigenvalue weighted by molar-refractivity contribution is 9.09. The summed E-state index contributed by atoms with van der Waals surface area (Å²) < 4.78 is 32.1. The third-order valence-electron chi connectivity index (χ3n) is 3.79. The van der Waals surface area contributed by atoms with Crippen molar-refractivity contribution in [2.75, 3.05) is 11.9 Å². The van der Waals surface area contributed by atoms with Crippen LogP contribution in [0.2, 0.25) is 0 Å². The number of hydrogen-bond donors (Lipinski definition) is 1. The van der Waals surface area contributed by atoms with E-state index in [1.807, 2.05) is 0 Å². The maximum Gasteiger partial charge on any atom is 0.245 e. The van der Waals surface area contributed by atoms with Crippen LogP contribution in [0.4, 0.5) is 0 Å². The number of nitrogens with one attached hydrogen (secondary N) is 1. The fourth-order valence-corrected chi connectivity index (χ4v) is 5.00. The van der Waals surface area contributed by atoms with Gasteiger partial charge in [0.15, 0.2) is 5.76 Å². The Hall–Kier alpha value is -0.400. The first-order chi connectivity index (χ1) is 8.95. The first-order valence-electron chi connectivity index (χ1n) is 6.44. The molecule has 1 fully saturated rings. The molecule has 19 heavy (non-hydrogen) atoms. The van der Waals surface area contributed by atoms with Crippen molar-refractivity contribution in [3.05, 3.63) is 11.5 Å². The quantitative estimate of drug-likeness (QED) is 0.827. The van der Waals surface area contributed by atoms with Crippen LogP contribution in [0.1, 0.15) is 30.7 Å². The van der Waals surface area contributed by atoms with Crippen LogP contribution in [0.5, 0.6) is 0 Å². The Bertz CT molecular complexity index is 522. The van der Waals surface area contributed by atoms with Crippen LogP contribution in [0.25, 0.3) is 0 Å². The molecule has 1 aliphatic carbocycles. The molecule has 0 aromatic carbocycles. The van der Waals surface area contributed by atoms with E-state index >= 15 is 0 Å². The number of rotatable bonds is 5. The van der Waals surface area contributed by atoms with Gasteiger partial charge in [-0.1, -0.05) is 27.5 Å². The first kappa shape index (κ1) is 15.0. The van der Waals surface area contributed by atoms with Crippen LogP contribution < -0.4 is 4.72 Å². The topological polar surface area (TPSA) is 72.2 Å². The maximum absolute atomic E-state index is 12.3. The summed E-state index contributed by atoms with van der Waals surface area (Å²) in [6, 6.07) is 0. The molecule has 0 aliphatic heterocycles. The molecule has 0 saturated heterocycles. The minimum absolute atomic E-state index is 0.181. The number of halogens is 1. The van der Waals surface area contributed by atoms with Crippen molar-refractivity contribution >= 4 is 26.0 Å². The number of aryl methyl sites for hydroxylation is 2. The largest absolute Gasteiger partial charge is 0.360 e. The molecular weight excluding hydrogens is 332 g/mol. The zero-order valence-electron chi connectivity index (χ0n) is 11.1. The van der Waals surface area contributed by atoms with Gasteiger partial charge < -0.3 is 4.52 Å². The van der Waals surface area contributed by atoms with Gasteiger partial charge in [0.1, 0.15) is 10.6 Å². The summed E-state index contributed by atoms with van der Waals surface area (Å²) in [6.45, 7) is 3.75. The van der Waals surface area contributed by atoms with E-state index in [0.29, 0.717) is 29.8 Å². The Kier molecular flexibility index (Phi) is 4.68. The molecule has 1 aromatic heterocycles. The van der Waals surface area contributed by atoms with Gasteiger partial charge in [-0.15, -0.1) is 0 Å².